The molecule has 0 fully saturated rings. The number of aryl methyl sites for hydroxylation is 2. The first-order valence-electron chi connectivity index (χ1n) is 7.17. The van der Waals surface area contributed by atoms with E-state index in [9.17, 15) is 14.9 Å². The van der Waals surface area contributed by atoms with E-state index in [2.05, 4.69) is 5.32 Å². The molecule has 0 radical (unpaired) electrons. The molecular formula is C17H18N2O4S. The summed E-state index contributed by atoms with van der Waals surface area (Å²) in [5, 5.41) is 14.1. The molecule has 0 atom stereocenters. The highest BCUT2D eigenvalue weighted by Crippen LogP contribution is 2.35. The van der Waals surface area contributed by atoms with Crippen LogP contribution in [0.3, 0.4) is 0 Å². The SMILES string of the molecule is COc1cc([N+](=O)[O-])c(C(=O)Nc2c(C)cccc2C)cc1SC. The first-order valence-corrected chi connectivity index (χ1v) is 8.39. The van der Waals surface area contributed by atoms with Crippen molar-refractivity contribution in [1.29, 1.82) is 0 Å². The zero-order valence-electron chi connectivity index (χ0n) is 13.9. The van der Waals surface area contributed by atoms with Crippen LogP contribution in [0.25, 0.3) is 0 Å². The third kappa shape index (κ3) is 3.51. The zero-order valence-corrected chi connectivity index (χ0v) is 14.7. The van der Waals surface area contributed by atoms with Gasteiger partial charge < -0.3 is 10.1 Å². The standard InChI is InChI=1S/C17H18N2O4S/c1-10-6-5-7-11(2)16(10)18-17(20)12-8-15(24-4)14(23-3)9-13(12)19(21)22/h5-9H,1-4H3,(H,18,20). The molecule has 0 bridgehead atoms. The molecule has 0 spiro atoms. The van der Waals surface area contributed by atoms with Crippen molar-refractivity contribution < 1.29 is 14.5 Å². The Morgan fingerprint density at radius 2 is 1.88 bits per heavy atom. The number of hydrogen-bond acceptors (Lipinski definition) is 5. The second-order valence-corrected chi connectivity index (χ2v) is 6.05. The van der Waals surface area contributed by atoms with Gasteiger partial charge in [-0.25, -0.2) is 0 Å². The van der Waals surface area contributed by atoms with E-state index in [1.807, 2.05) is 38.3 Å². The summed E-state index contributed by atoms with van der Waals surface area (Å²) in [4.78, 5) is 24.1. The van der Waals surface area contributed by atoms with Crippen molar-refractivity contribution in [3.8, 4) is 5.75 Å². The van der Waals surface area contributed by atoms with E-state index in [0.29, 0.717) is 16.3 Å². The third-order valence-corrected chi connectivity index (χ3v) is 4.42. The van der Waals surface area contributed by atoms with Gasteiger partial charge in [-0.15, -0.1) is 11.8 Å². The number of nitrogens with one attached hydrogen (secondary N) is 1. The molecule has 0 unspecified atom stereocenters. The van der Waals surface area contributed by atoms with Gasteiger partial charge in [-0.2, -0.15) is 0 Å². The number of methoxy groups -OCH3 is 1. The Labute approximate surface area is 144 Å². The van der Waals surface area contributed by atoms with Crippen LogP contribution in [0.4, 0.5) is 11.4 Å². The molecule has 2 aromatic rings. The molecule has 7 heteroatoms. The van der Waals surface area contributed by atoms with Gasteiger partial charge in [-0.3, -0.25) is 14.9 Å². The molecule has 0 aliphatic heterocycles. The van der Waals surface area contributed by atoms with Crippen molar-refractivity contribution in [2.45, 2.75) is 18.7 Å². The molecular weight excluding hydrogens is 328 g/mol. The van der Waals surface area contributed by atoms with Gasteiger partial charge in [0.25, 0.3) is 11.6 Å². The van der Waals surface area contributed by atoms with E-state index in [1.165, 1.54) is 31.0 Å². The normalized spacial score (nSPS) is 10.3. The number of nitro groups is 1. The van der Waals surface area contributed by atoms with Gasteiger partial charge >= 0.3 is 0 Å². The molecule has 0 heterocycles. The molecule has 0 aromatic heterocycles. The average molecular weight is 346 g/mol. The Morgan fingerprint density at radius 3 is 2.38 bits per heavy atom. The fourth-order valence-corrected chi connectivity index (χ4v) is 2.97. The summed E-state index contributed by atoms with van der Waals surface area (Å²) in [6.45, 7) is 3.75. The summed E-state index contributed by atoms with van der Waals surface area (Å²) in [7, 11) is 1.44. The van der Waals surface area contributed by atoms with Crippen molar-refractivity contribution >= 4 is 29.0 Å². The van der Waals surface area contributed by atoms with Crippen molar-refractivity contribution in [3.63, 3.8) is 0 Å². The fraction of sp³-hybridized carbons (Fsp3) is 0.235. The molecule has 6 nitrogen and oxygen atoms in total. The van der Waals surface area contributed by atoms with Gasteiger partial charge in [0.15, 0.2) is 0 Å². The first-order chi connectivity index (χ1) is 11.4. The molecule has 2 aromatic carbocycles. The summed E-state index contributed by atoms with van der Waals surface area (Å²) in [5.74, 6) is -0.144. The predicted molar refractivity (Wildman–Crippen MR) is 95.3 cm³/mol. The van der Waals surface area contributed by atoms with Crippen LogP contribution in [0.15, 0.2) is 35.2 Å². The quantitative estimate of drug-likeness (QED) is 0.498. The van der Waals surface area contributed by atoms with E-state index >= 15 is 0 Å². The number of benzene rings is 2. The van der Waals surface area contributed by atoms with Crippen molar-refractivity contribution in [3.05, 3.63) is 57.1 Å². The predicted octanol–water partition coefficient (Wildman–Crippen LogP) is 4.19. The first kappa shape index (κ1) is 17.8. The molecule has 0 aliphatic rings. The number of thioether (sulfide) groups is 1. The number of rotatable bonds is 5. The molecule has 2 rings (SSSR count). The van der Waals surface area contributed by atoms with Crippen LogP contribution in [-0.2, 0) is 0 Å². The summed E-state index contributed by atoms with van der Waals surface area (Å²) in [5.41, 5.74) is 2.17. The van der Waals surface area contributed by atoms with Crippen molar-refractivity contribution in [2.24, 2.45) is 0 Å². The highest BCUT2D eigenvalue weighted by Gasteiger charge is 2.24. The largest absolute Gasteiger partial charge is 0.495 e. The average Bonchev–Trinajstić information content (AvgIpc) is 2.56. The molecule has 0 saturated heterocycles. The zero-order chi connectivity index (χ0) is 17.9. The van der Waals surface area contributed by atoms with Gasteiger partial charge in [-0.05, 0) is 37.3 Å². The molecule has 24 heavy (non-hydrogen) atoms. The Kier molecular flexibility index (Phi) is 5.46. The van der Waals surface area contributed by atoms with E-state index in [0.717, 1.165) is 11.1 Å². The maximum Gasteiger partial charge on any atom is 0.285 e. The lowest BCUT2D eigenvalue weighted by Gasteiger charge is -2.13. The molecule has 126 valence electrons. The van der Waals surface area contributed by atoms with Crippen LogP contribution >= 0.6 is 11.8 Å². The highest BCUT2D eigenvalue weighted by atomic mass is 32.2. The number of anilines is 1. The molecule has 1 amide bonds. The Hall–Kier alpha value is -2.54. The number of ether oxygens (including phenoxy) is 1. The second-order valence-electron chi connectivity index (χ2n) is 5.20. The molecule has 1 N–H and O–H groups in total. The Bertz CT molecular complexity index is 785. The van der Waals surface area contributed by atoms with Crippen LogP contribution < -0.4 is 10.1 Å². The van der Waals surface area contributed by atoms with Gasteiger partial charge in [0.1, 0.15) is 11.3 Å². The maximum atomic E-state index is 12.6. The minimum atomic E-state index is -0.577. The minimum absolute atomic E-state index is 0.00723. The van der Waals surface area contributed by atoms with Gasteiger partial charge in [0.05, 0.1) is 23.0 Å². The number of carbonyl (C=O) groups is 1. The fourth-order valence-electron chi connectivity index (χ4n) is 2.39. The lowest BCUT2D eigenvalue weighted by Crippen LogP contribution is -2.16. The van der Waals surface area contributed by atoms with Gasteiger partial charge in [0.2, 0.25) is 0 Å². The topological polar surface area (TPSA) is 81.5 Å². The van der Waals surface area contributed by atoms with E-state index in [-0.39, 0.29) is 11.3 Å². The number of amides is 1. The minimum Gasteiger partial charge on any atom is -0.495 e. The third-order valence-electron chi connectivity index (χ3n) is 3.66. The van der Waals surface area contributed by atoms with Crippen LogP contribution in [-0.4, -0.2) is 24.2 Å². The number of carbonyl (C=O) groups excluding carboxylic acids is 1. The lowest BCUT2D eigenvalue weighted by atomic mass is 10.1. The van der Waals surface area contributed by atoms with E-state index in [4.69, 9.17) is 4.74 Å². The molecule has 0 saturated carbocycles. The number of hydrogen-bond donors (Lipinski definition) is 1. The Morgan fingerprint density at radius 1 is 1.25 bits per heavy atom. The smallest absolute Gasteiger partial charge is 0.285 e. The van der Waals surface area contributed by atoms with Crippen LogP contribution in [0.5, 0.6) is 5.75 Å². The van der Waals surface area contributed by atoms with E-state index in [1.54, 1.807) is 0 Å². The van der Waals surface area contributed by atoms with Crippen molar-refractivity contribution in [1.82, 2.24) is 0 Å². The lowest BCUT2D eigenvalue weighted by molar-refractivity contribution is -0.385. The number of nitro benzene ring substituents is 1. The van der Waals surface area contributed by atoms with Crippen molar-refractivity contribution in [2.75, 3.05) is 18.7 Å². The Balaban J connectivity index is 2.50. The van der Waals surface area contributed by atoms with Gasteiger partial charge in [-0.1, -0.05) is 18.2 Å². The number of para-hydroxylation sites is 1. The summed E-state index contributed by atoms with van der Waals surface area (Å²) >= 11 is 1.36. The molecule has 0 aliphatic carbocycles. The number of nitrogens with zero attached hydrogens (tertiary/aromatic N) is 1. The van der Waals surface area contributed by atoms with E-state index < -0.39 is 10.8 Å². The van der Waals surface area contributed by atoms with Crippen LogP contribution in [0, 0.1) is 24.0 Å². The summed E-state index contributed by atoms with van der Waals surface area (Å²) < 4.78 is 5.16. The van der Waals surface area contributed by atoms with Crippen LogP contribution in [0.2, 0.25) is 0 Å². The second kappa shape index (κ2) is 7.35. The summed E-state index contributed by atoms with van der Waals surface area (Å²) in [6.07, 6.45) is 1.82. The van der Waals surface area contributed by atoms with Crippen LogP contribution in [0.1, 0.15) is 21.5 Å². The highest BCUT2D eigenvalue weighted by molar-refractivity contribution is 7.98. The maximum absolute atomic E-state index is 12.6. The monoisotopic (exact) mass is 346 g/mol. The van der Waals surface area contributed by atoms with Gasteiger partial charge in [0, 0.05) is 5.69 Å². The summed E-state index contributed by atoms with van der Waals surface area (Å²) in [6, 6.07) is 8.41.